The molecule has 0 spiro atoms. The van der Waals surface area contributed by atoms with E-state index >= 15 is 0 Å². The molecule has 5 aromatic rings. The van der Waals surface area contributed by atoms with Crippen molar-refractivity contribution in [3.8, 4) is 23.1 Å². The topological polar surface area (TPSA) is 156 Å². The second-order valence-corrected chi connectivity index (χ2v) is 9.13. The lowest BCUT2D eigenvalue weighted by Crippen LogP contribution is -2.43. The van der Waals surface area contributed by atoms with Crippen molar-refractivity contribution in [2.24, 2.45) is 5.84 Å². The number of nitrogens with one attached hydrogen (secondary N) is 2. The van der Waals surface area contributed by atoms with Crippen molar-refractivity contribution in [3.05, 3.63) is 108 Å². The van der Waals surface area contributed by atoms with Crippen LogP contribution in [0.5, 0.6) is 0 Å². The van der Waals surface area contributed by atoms with E-state index in [4.69, 9.17) is 10.6 Å². The number of hydrogen-bond donors (Lipinski definition) is 3. The number of carbonyl (C=O) groups excluding carboxylic acids is 3. The number of fused-ring (bicyclic) bond motifs is 1. The number of hydrazine groups is 1. The molecule has 0 fully saturated rings. The third-order valence-corrected chi connectivity index (χ3v) is 6.57. The molecule has 1 atom stereocenters. The van der Waals surface area contributed by atoms with Gasteiger partial charge in [-0.15, -0.1) is 0 Å². The first-order chi connectivity index (χ1) is 20.5. The van der Waals surface area contributed by atoms with Crippen LogP contribution in [0.3, 0.4) is 0 Å². The van der Waals surface area contributed by atoms with Crippen LogP contribution in [0.1, 0.15) is 27.2 Å². The summed E-state index contributed by atoms with van der Waals surface area (Å²) in [6.07, 6.45) is 7.12. The maximum absolute atomic E-state index is 12.5. The van der Waals surface area contributed by atoms with Gasteiger partial charge in [-0.2, -0.15) is 0 Å². The minimum atomic E-state index is -0.863. The number of hydrogen-bond acceptors (Lipinski definition) is 8. The van der Waals surface area contributed by atoms with E-state index in [-0.39, 0.29) is 6.42 Å². The summed E-state index contributed by atoms with van der Waals surface area (Å²) in [7, 11) is 1.28. The van der Waals surface area contributed by atoms with Crippen LogP contribution in [-0.4, -0.2) is 51.4 Å². The van der Waals surface area contributed by atoms with Crippen molar-refractivity contribution in [2.45, 2.75) is 12.5 Å². The van der Waals surface area contributed by atoms with E-state index in [9.17, 15) is 14.4 Å². The van der Waals surface area contributed by atoms with Crippen LogP contribution < -0.4 is 16.2 Å². The van der Waals surface area contributed by atoms with Gasteiger partial charge >= 0.3 is 5.97 Å². The number of anilines is 1. The van der Waals surface area contributed by atoms with Crippen LogP contribution in [0.2, 0.25) is 0 Å². The monoisotopic (exact) mass is 559 g/mol. The number of aromatic amines is 1. The normalized spacial score (nSPS) is 11.2. The summed E-state index contributed by atoms with van der Waals surface area (Å²) in [5.74, 6) is 10.6. The highest BCUT2D eigenvalue weighted by atomic mass is 16.5. The highest BCUT2D eigenvalue weighted by Gasteiger charge is 2.28. The number of benzene rings is 2. The largest absolute Gasteiger partial charge is 0.467 e. The first kappa shape index (κ1) is 27.7. The number of methoxy groups -OCH3 is 1. The number of H-pyrrole nitrogens is 1. The van der Waals surface area contributed by atoms with Gasteiger partial charge in [-0.25, -0.2) is 20.6 Å². The smallest absolute Gasteiger partial charge is 0.329 e. The van der Waals surface area contributed by atoms with Gasteiger partial charge < -0.3 is 14.6 Å². The number of imidazole rings is 1. The first-order valence-corrected chi connectivity index (χ1v) is 12.8. The molecule has 0 bridgehead atoms. The van der Waals surface area contributed by atoms with E-state index in [1.165, 1.54) is 18.3 Å². The zero-order valence-corrected chi connectivity index (χ0v) is 22.4. The molecule has 2 aromatic carbocycles. The number of nitrogens with zero attached hydrogens (tertiary/aromatic N) is 4. The van der Waals surface area contributed by atoms with Gasteiger partial charge in [0.05, 0.1) is 30.2 Å². The number of nitrogen functional groups attached to an aromatic ring is 1. The van der Waals surface area contributed by atoms with E-state index in [1.54, 1.807) is 55.0 Å². The molecule has 3 heterocycles. The van der Waals surface area contributed by atoms with E-state index < -0.39 is 17.9 Å². The van der Waals surface area contributed by atoms with Gasteiger partial charge in [-0.3, -0.25) is 20.0 Å². The van der Waals surface area contributed by atoms with Crippen molar-refractivity contribution in [1.29, 1.82) is 0 Å². The molecule has 0 aliphatic carbocycles. The first-order valence-electron chi connectivity index (χ1n) is 12.8. The molecule has 0 saturated heterocycles. The molecule has 0 radical (unpaired) electrons. The molecule has 11 nitrogen and oxygen atoms in total. The van der Waals surface area contributed by atoms with Gasteiger partial charge in [-0.1, -0.05) is 24.0 Å². The Bertz CT molecular complexity index is 1790. The van der Waals surface area contributed by atoms with E-state index in [2.05, 4.69) is 37.2 Å². The number of amides is 2. The fraction of sp³-hybridized carbons (Fsp3) is 0.0968. The van der Waals surface area contributed by atoms with Crippen LogP contribution in [0.4, 0.5) is 5.69 Å². The predicted octanol–water partition coefficient (Wildman–Crippen LogP) is 2.77. The second kappa shape index (κ2) is 12.5. The van der Waals surface area contributed by atoms with Crippen LogP contribution in [-0.2, 0) is 20.7 Å². The molecule has 5 rings (SSSR count). The molecule has 4 N–H and O–H groups in total. The number of nitrogens with two attached hydrogens (primary N) is 1. The Morgan fingerprint density at radius 3 is 2.38 bits per heavy atom. The van der Waals surface area contributed by atoms with E-state index in [1.807, 2.05) is 24.3 Å². The lowest BCUT2D eigenvalue weighted by molar-refractivity contribution is -0.142. The standard InChI is InChI=1S/C31H25N7O4/c1-42-31(41)29(14-23-16-34-18-35-23)38(19-39)24-10-6-21(7-11-24)3-2-20-4-8-22(9-5-20)28-15-25(30(40)37-32)26-17-33-13-12-27(26)36-28/h4-13,15-19,29H,14,32H2,1H3,(H,34,35)(H,37,40). The molecule has 0 saturated carbocycles. The molecule has 208 valence electrons. The Morgan fingerprint density at radius 1 is 1.05 bits per heavy atom. The summed E-state index contributed by atoms with van der Waals surface area (Å²) in [6, 6.07) is 17.0. The van der Waals surface area contributed by atoms with Gasteiger partial charge in [0.2, 0.25) is 6.41 Å². The lowest BCUT2D eigenvalue weighted by Gasteiger charge is -2.26. The molecule has 2 amide bonds. The average Bonchev–Trinajstić information content (AvgIpc) is 3.56. The van der Waals surface area contributed by atoms with Crippen LogP contribution in [0.25, 0.3) is 22.2 Å². The molecule has 11 heteroatoms. The van der Waals surface area contributed by atoms with Crippen molar-refractivity contribution < 1.29 is 19.1 Å². The van der Waals surface area contributed by atoms with Crippen LogP contribution in [0.15, 0.2) is 85.6 Å². The van der Waals surface area contributed by atoms with E-state index in [0.29, 0.717) is 40.0 Å². The Labute approximate surface area is 240 Å². The highest BCUT2D eigenvalue weighted by molar-refractivity contribution is 6.06. The number of esters is 1. The predicted molar refractivity (Wildman–Crippen MR) is 156 cm³/mol. The zero-order chi connectivity index (χ0) is 29.5. The zero-order valence-electron chi connectivity index (χ0n) is 22.4. The summed E-state index contributed by atoms with van der Waals surface area (Å²) in [5, 5.41) is 0.604. The number of carbonyl (C=O) groups is 3. The molecular formula is C31H25N7O4. The van der Waals surface area contributed by atoms with Gasteiger partial charge in [0.15, 0.2) is 0 Å². The van der Waals surface area contributed by atoms with Gasteiger partial charge in [-0.05, 0) is 48.5 Å². The molecule has 1 unspecified atom stereocenters. The summed E-state index contributed by atoms with van der Waals surface area (Å²) in [6.45, 7) is 0. The minimum absolute atomic E-state index is 0.219. The summed E-state index contributed by atoms with van der Waals surface area (Å²) >= 11 is 0. The molecule has 0 aliphatic rings. The van der Waals surface area contributed by atoms with Gasteiger partial charge in [0, 0.05) is 58.5 Å². The lowest BCUT2D eigenvalue weighted by atomic mass is 10.0. The molecule has 3 aromatic heterocycles. The maximum Gasteiger partial charge on any atom is 0.329 e. The molecular weight excluding hydrogens is 534 g/mol. The van der Waals surface area contributed by atoms with Crippen molar-refractivity contribution in [3.63, 3.8) is 0 Å². The SMILES string of the molecule is COC(=O)C(Cc1cnc[nH]1)N(C=O)c1ccc(C#Cc2ccc(-c3cc(C(=O)NN)c4cnccc4n3)cc2)cc1. The van der Waals surface area contributed by atoms with Crippen molar-refractivity contribution in [2.75, 3.05) is 12.0 Å². The fourth-order valence-electron chi connectivity index (χ4n) is 4.42. The van der Waals surface area contributed by atoms with Gasteiger partial charge in [0.1, 0.15) is 6.04 Å². The number of aromatic nitrogens is 4. The Kier molecular flexibility index (Phi) is 8.27. The van der Waals surface area contributed by atoms with Gasteiger partial charge in [0.25, 0.3) is 5.91 Å². The van der Waals surface area contributed by atoms with E-state index in [0.717, 1.165) is 16.7 Å². The van der Waals surface area contributed by atoms with Crippen molar-refractivity contribution >= 4 is 34.9 Å². The molecule has 0 aliphatic heterocycles. The Balaban J connectivity index is 1.34. The third kappa shape index (κ3) is 5.99. The maximum atomic E-state index is 12.5. The number of rotatable bonds is 8. The van der Waals surface area contributed by atoms with Crippen LogP contribution in [0, 0.1) is 11.8 Å². The number of pyridine rings is 2. The van der Waals surface area contributed by atoms with Crippen LogP contribution >= 0.6 is 0 Å². The quantitative estimate of drug-likeness (QED) is 0.0654. The Hall–Kier alpha value is -5.86. The highest BCUT2D eigenvalue weighted by Crippen LogP contribution is 2.25. The number of ether oxygens (including phenoxy) is 1. The molecule has 42 heavy (non-hydrogen) atoms. The third-order valence-electron chi connectivity index (χ3n) is 6.57. The Morgan fingerprint density at radius 2 is 1.76 bits per heavy atom. The fourth-order valence-corrected chi connectivity index (χ4v) is 4.42. The van der Waals surface area contributed by atoms with Crippen molar-refractivity contribution in [1.82, 2.24) is 25.4 Å². The summed E-state index contributed by atoms with van der Waals surface area (Å²) in [5.41, 5.74) is 7.30. The second-order valence-electron chi connectivity index (χ2n) is 9.13. The summed E-state index contributed by atoms with van der Waals surface area (Å²) in [4.78, 5) is 53.8. The average molecular weight is 560 g/mol. The summed E-state index contributed by atoms with van der Waals surface area (Å²) < 4.78 is 4.93. The minimum Gasteiger partial charge on any atom is -0.467 e.